The molecule has 0 aromatic heterocycles. The van der Waals surface area contributed by atoms with E-state index in [1.807, 2.05) is 11.8 Å². The van der Waals surface area contributed by atoms with Crippen molar-refractivity contribution in [2.45, 2.75) is 47.8 Å². The maximum absolute atomic E-state index is 7.51. The van der Waals surface area contributed by atoms with Gasteiger partial charge < -0.3 is 24.3 Å². The summed E-state index contributed by atoms with van der Waals surface area (Å²) in [6.07, 6.45) is 0. The van der Waals surface area contributed by atoms with Gasteiger partial charge in [0, 0.05) is 84.1 Å². The second kappa shape index (κ2) is 26.5. The zero-order valence-corrected chi connectivity index (χ0v) is 60.9. The Hall–Kier alpha value is -13.1. The number of anilines is 12. The van der Waals surface area contributed by atoms with E-state index in [2.05, 4.69) is 423 Å². The lowest BCUT2D eigenvalue weighted by Crippen LogP contribution is -2.28. The molecule has 4 heterocycles. The smallest absolute Gasteiger partial charge is 0.135 e. The molecule has 0 spiro atoms. The van der Waals surface area contributed by atoms with Crippen molar-refractivity contribution in [3.8, 4) is 67.1 Å². The van der Waals surface area contributed by atoms with E-state index in [1.165, 1.54) is 71.0 Å². The van der Waals surface area contributed by atoms with E-state index < -0.39 is 0 Å². The van der Waals surface area contributed by atoms with E-state index in [4.69, 9.17) is 4.74 Å². The Balaban J connectivity index is 0.825. The number of benzene rings is 16. The molecule has 4 aliphatic rings. The Morgan fingerprint density at radius 3 is 1.19 bits per heavy atom. The van der Waals surface area contributed by atoms with E-state index in [0.29, 0.717) is 0 Å². The van der Waals surface area contributed by atoms with Gasteiger partial charge in [-0.25, -0.2) is 0 Å². The van der Waals surface area contributed by atoms with Gasteiger partial charge >= 0.3 is 0 Å². The number of hydrogen-bond donors (Lipinski definition) is 0. The van der Waals surface area contributed by atoms with Crippen molar-refractivity contribution >= 4 is 80.0 Å². The van der Waals surface area contributed by atoms with Crippen LogP contribution >= 0.6 is 11.8 Å². The van der Waals surface area contributed by atoms with Crippen LogP contribution in [0.25, 0.3) is 55.6 Å². The van der Waals surface area contributed by atoms with Gasteiger partial charge in [0.15, 0.2) is 0 Å². The number of para-hydroxylation sites is 4. The Labute approximate surface area is 636 Å². The molecule has 108 heavy (non-hydrogen) atoms. The lowest BCUT2D eigenvalue weighted by molar-refractivity contribution is 0.452. The molecule has 0 radical (unpaired) electrons. The maximum atomic E-state index is 7.51. The van der Waals surface area contributed by atoms with Crippen LogP contribution in [-0.2, 0) is 5.41 Å². The lowest BCUT2D eigenvalue weighted by atomic mass is 9.74. The quantitative estimate of drug-likeness (QED) is 0.114. The van der Waals surface area contributed by atoms with Crippen LogP contribution in [-0.4, -0.2) is 0 Å². The highest BCUT2D eigenvalue weighted by atomic mass is 32.2. The summed E-state index contributed by atoms with van der Waals surface area (Å²) in [4.78, 5) is 12.4. The van der Waals surface area contributed by atoms with Crippen LogP contribution in [0.2, 0.25) is 0 Å². The molecule has 2 atom stereocenters. The largest absolute Gasteiger partial charge is 0.457 e. The summed E-state index contributed by atoms with van der Waals surface area (Å²) < 4.78 is 7.51. The second-order valence-electron chi connectivity index (χ2n) is 29.5. The lowest BCUT2D eigenvalue weighted by Gasteiger charge is -2.45. The molecule has 514 valence electrons. The van der Waals surface area contributed by atoms with E-state index in [9.17, 15) is 0 Å². The number of nitrogens with zero attached hydrogens (tertiary/aromatic N) is 4. The molecule has 0 fully saturated rings. The number of ether oxygens (including phenoxy) is 1. The summed E-state index contributed by atoms with van der Waals surface area (Å²) in [5.41, 5.74) is 33.1. The van der Waals surface area contributed by atoms with Gasteiger partial charge in [0.25, 0.3) is 0 Å². The van der Waals surface area contributed by atoms with Gasteiger partial charge in [-0.2, -0.15) is 0 Å². The van der Waals surface area contributed by atoms with Crippen molar-refractivity contribution in [2.75, 3.05) is 19.6 Å². The Morgan fingerprint density at radius 1 is 0.269 bits per heavy atom. The third-order valence-corrected chi connectivity index (χ3v) is 23.2. The van der Waals surface area contributed by atoms with Crippen molar-refractivity contribution in [1.29, 1.82) is 0 Å². The van der Waals surface area contributed by atoms with Gasteiger partial charge in [-0.3, -0.25) is 0 Å². The van der Waals surface area contributed by atoms with E-state index in [0.717, 1.165) is 113 Å². The first kappa shape index (κ1) is 64.5. The fourth-order valence-electron chi connectivity index (χ4n) is 16.9. The normalized spacial score (nSPS) is 14.1. The minimum Gasteiger partial charge on any atom is -0.457 e. The first-order valence-corrected chi connectivity index (χ1v) is 38.2. The van der Waals surface area contributed by atoms with Gasteiger partial charge in [-0.15, -0.1) is 0 Å². The molecule has 16 aromatic carbocycles. The molecule has 6 heteroatoms. The monoisotopic (exact) mass is 1400 g/mol. The van der Waals surface area contributed by atoms with Crippen molar-refractivity contribution in [3.63, 3.8) is 0 Å². The first-order valence-electron chi connectivity index (χ1n) is 37.3. The summed E-state index contributed by atoms with van der Waals surface area (Å²) in [5.74, 6) is 1.32. The standard InChI is InChI=1S/C102H74N4OS/c1-102(2,3)76-51-41-75(42-52-76)84-35-19-22-38-89(84)106-91-66-96-88(65-87(91)99-86-37-21-24-40-94(86)107-95-63-82(61-92(106)100(95)99)103(78-53-43-71(44-54-78)67-25-9-4-10-26-67)79-55-45-72(46-56-79)68-27-11-5-12-28-68)98-85-36-20-23-39-90(85)105(77-33-17-8-18-34-77)93-62-83(64-97(108-96)101(93)98)104(80-57-47-73(48-58-80)69-29-13-6-14-30-69)81-59-49-74(50-60-81)70-31-15-7-16-32-70/h4-66,98-99H,1-3H3. The van der Waals surface area contributed by atoms with Gasteiger partial charge in [0.1, 0.15) is 11.5 Å². The molecule has 0 bridgehead atoms. The van der Waals surface area contributed by atoms with Crippen LogP contribution in [0.4, 0.5) is 68.2 Å². The van der Waals surface area contributed by atoms with Crippen molar-refractivity contribution < 1.29 is 4.74 Å². The second-order valence-corrected chi connectivity index (χ2v) is 30.6. The molecule has 0 aliphatic carbocycles. The third-order valence-electron chi connectivity index (χ3n) is 22.1. The highest BCUT2D eigenvalue weighted by molar-refractivity contribution is 7.99. The minimum absolute atomic E-state index is 0.0274. The van der Waals surface area contributed by atoms with Crippen LogP contribution in [0.15, 0.2) is 392 Å². The molecule has 5 nitrogen and oxygen atoms in total. The van der Waals surface area contributed by atoms with Gasteiger partial charge in [0.05, 0.1) is 34.1 Å². The average molecular weight is 1400 g/mol. The molecule has 0 amide bonds. The van der Waals surface area contributed by atoms with Crippen LogP contribution in [0.1, 0.15) is 71.6 Å². The molecule has 16 aromatic rings. The molecular formula is C102H74N4OS. The van der Waals surface area contributed by atoms with E-state index in [-0.39, 0.29) is 17.3 Å². The number of hydrogen-bond acceptors (Lipinski definition) is 6. The molecule has 2 unspecified atom stereocenters. The Morgan fingerprint density at radius 2 is 0.676 bits per heavy atom. The Bertz CT molecular complexity index is 5900. The summed E-state index contributed by atoms with van der Waals surface area (Å²) in [7, 11) is 0. The fourth-order valence-corrected chi connectivity index (χ4v) is 18.1. The molecule has 0 saturated heterocycles. The average Bonchev–Trinajstić information content (AvgIpc) is 0.691. The maximum Gasteiger partial charge on any atom is 0.135 e. The zero-order valence-electron chi connectivity index (χ0n) is 60.1. The van der Waals surface area contributed by atoms with Gasteiger partial charge in [-0.05, 0) is 181 Å². The van der Waals surface area contributed by atoms with E-state index in [1.54, 1.807) is 0 Å². The van der Waals surface area contributed by atoms with Crippen LogP contribution < -0.4 is 24.3 Å². The predicted octanol–water partition coefficient (Wildman–Crippen LogP) is 28.8. The molecular weight excluding hydrogens is 1330 g/mol. The predicted molar refractivity (Wildman–Crippen MR) is 450 cm³/mol. The number of fused-ring (bicyclic) bond motifs is 8. The summed E-state index contributed by atoms with van der Waals surface area (Å²) in [5, 5.41) is 0. The fraction of sp³-hybridized carbons (Fsp3) is 0.0588. The van der Waals surface area contributed by atoms with E-state index >= 15 is 0 Å². The first-order chi connectivity index (χ1) is 53.2. The number of rotatable bonds is 13. The third kappa shape index (κ3) is 11.3. The van der Waals surface area contributed by atoms with Crippen LogP contribution in [0, 0.1) is 0 Å². The Kier molecular flexibility index (Phi) is 15.8. The topological polar surface area (TPSA) is 22.2 Å². The van der Waals surface area contributed by atoms with Crippen molar-refractivity contribution in [1.82, 2.24) is 0 Å². The van der Waals surface area contributed by atoms with Gasteiger partial charge in [-0.1, -0.05) is 306 Å². The summed E-state index contributed by atoms with van der Waals surface area (Å²) in [6, 6.07) is 141. The van der Waals surface area contributed by atoms with Gasteiger partial charge in [0.2, 0.25) is 0 Å². The highest BCUT2D eigenvalue weighted by Gasteiger charge is 2.45. The summed E-state index contributed by atoms with van der Waals surface area (Å²) in [6.45, 7) is 6.88. The van der Waals surface area contributed by atoms with Crippen molar-refractivity contribution in [2.24, 2.45) is 0 Å². The minimum atomic E-state index is -0.212. The van der Waals surface area contributed by atoms with Crippen molar-refractivity contribution in [3.05, 3.63) is 421 Å². The molecule has 0 N–H and O–H groups in total. The highest BCUT2D eigenvalue weighted by Crippen LogP contribution is 2.66. The summed E-state index contributed by atoms with van der Waals surface area (Å²) >= 11 is 1.90. The van der Waals surface area contributed by atoms with Crippen LogP contribution in [0.3, 0.4) is 0 Å². The zero-order chi connectivity index (χ0) is 72.0. The van der Waals surface area contributed by atoms with Crippen LogP contribution in [0.5, 0.6) is 11.5 Å². The SMILES string of the molecule is CC(C)(C)c1ccc(-c2ccccc2N2c3cc4c(cc3C3c5ccccc5Oc5cc(N(c6ccc(-c7ccccc7)cc6)c6ccc(-c7ccccc7)cc6)cc2c53)C2c3ccccc3N(c3ccccc3)c3cc(N(c5ccc(-c6ccccc6)cc5)c5ccc(-c6ccccc6)cc5)cc(c32)S4)cc1. The molecule has 0 saturated carbocycles. The molecule has 20 rings (SSSR count). The molecule has 4 aliphatic heterocycles.